The smallest absolute Gasteiger partial charge is 0.228 e. The number of hydrogen-bond donors (Lipinski definition) is 3. The molecule has 1 aromatic carbocycles. The Morgan fingerprint density at radius 1 is 1.18 bits per heavy atom. The number of nitrogens with one attached hydrogen (secondary N) is 3. The van der Waals surface area contributed by atoms with Crippen molar-refractivity contribution in [3.05, 3.63) is 35.4 Å². The number of carbonyl (C=O) groups excluding carboxylic acids is 1. The Morgan fingerprint density at radius 3 is 2.82 bits per heavy atom. The van der Waals surface area contributed by atoms with E-state index in [2.05, 4.69) is 41.3 Å². The van der Waals surface area contributed by atoms with Crippen molar-refractivity contribution in [2.45, 2.75) is 57.2 Å². The van der Waals surface area contributed by atoms with Gasteiger partial charge in [-0.25, -0.2) is 5.43 Å². The van der Waals surface area contributed by atoms with Crippen LogP contribution in [0.25, 0.3) is 0 Å². The second-order valence-electron chi connectivity index (χ2n) is 7.14. The van der Waals surface area contributed by atoms with E-state index >= 15 is 0 Å². The largest absolute Gasteiger partial charge is 0.339 e. The van der Waals surface area contributed by atoms with Crippen molar-refractivity contribution in [1.82, 2.24) is 16.2 Å². The van der Waals surface area contributed by atoms with Crippen LogP contribution in [0.4, 0.5) is 0 Å². The summed E-state index contributed by atoms with van der Waals surface area (Å²) in [5.74, 6) is 1.42. The fourth-order valence-electron chi connectivity index (χ4n) is 4.11. The standard InChI is InChI=1S/C18H25N3O/c1-11-16(13-9-10-13)20-21-17(11)19-18(22)15-8-4-6-12-5-2-3-7-14(12)15/h2-3,5,7,11,13,15-17,20-21H,4,6,8-10H2,1H3,(H,19,22). The lowest BCUT2D eigenvalue weighted by Crippen LogP contribution is -2.48. The van der Waals surface area contributed by atoms with E-state index in [9.17, 15) is 4.79 Å². The summed E-state index contributed by atoms with van der Waals surface area (Å²) in [6.07, 6.45) is 5.85. The molecule has 1 saturated heterocycles. The number of rotatable bonds is 3. The minimum Gasteiger partial charge on any atom is -0.339 e. The zero-order valence-electron chi connectivity index (χ0n) is 13.1. The van der Waals surface area contributed by atoms with Crippen molar-refractivity contribution in [1.29, 1.82) is 0 Å². The average molecular weight is 299 g/mol. The molecule has 0 radical (unpaired) electrons. The van der Waals surface area contributed by atoms with Gasteiger partial charge in [0.1, 0.15) is 0 Å². The summed E-state index contributed by atoms with van der Waals surface area (Å²) in [7, 11) is 0. The van der Waals surface area contributed by atoms with E-state index in [0.29, 0.717) is 12.0 Å². The number of benzene rings is 1. The first kappa shape index (κ1) is 14.2. The van der Waals surface area contributed by atoms with Gasteiger partial charge in [0, 0.05) is 12.0 Å². The molecule has 1 amide bonds. The lowest BCUT2D eigenvalue weighted by Gasteiger charge is -2.27. The summed E-state index contributed by atoms with van der Waals surface area (Å²) in [4.78, 5) is 12.8. The fourth-order valence-corrected chi connectivity index (χ4v) is 4.11. The van der Waals surface area contributed by atoms with Gasteiger partial charge in [-0.15, -0.1) is 0 Å². The van der Waals surface area contributed by atoms with Gasteiger partial charge in [0.2, 0.25) is 5.91 Å². The zero-order chi connectivity index (χ0) is 15.1. The molecular formula is C18H25N3O. The van der Waals surface area contributed by atoms with E-state index in [1.54, 1.807) is 0 Å². The molecule has 1 aliphatic heterocycles. The molecule has 0 bridgehead atoms. The summed E-state index contributed by atoms with van der Waals surface area (Å²) in [6, 6.07) is 8.91. The third kappa shape index (κ3) is 2.55. The highest BCUT2D eigenvalue weighted by atomic mass is 16.2. The molecule has 1 heterocycles. The zero-order valence-corrected chi connectivity index (χ0v) is 13.1. The number of amides is 1. The Labute approximate surface area is 132 Å². The molecule has 2 fully saturated rings. The molecule has 4 nitrogen and oxygen atoms in total. The second-order valence-corrected chi connectivity index (χ2v) is 7.14. The molecule has 3 N–H and O–H groups in total. The molecule has 2 aliphatic carbocycles. The maximum absolute atomic E-state index is 12.8. The normalized spacial score (nSPS) is 34.2. The van der Waals surface area contributed by atoms with E-state index in [1.807, 2.05) is 6.07 Å². The quantitative estimate of drug-likeness (QED) is 0.801. The van der Waals surface area contributed by atoms with Crippen molar-refractivity contribution in [2.75, 3.05) is 0 Å². The first-order valence-electron chi connectivity index (χ1n) is 8.63. The van der Waals surface area contributed by atoms with Crippen molar-refractivity contribution in [3.8, 4) is 0 Å². The first-order chi connectivity index (χ1) is 10.7. The predicted octanol–water partition coefficient (Wildman–Crippen LogP) is 2.07. The number of hydrazine groups is 1. The van der Waals surface area contributed by atoms with Gasteiger partial charge >= 0.3 is 0 Å². The minimum atomic E-state index is 0.0129. The molecule has 4 atom stereocenters. The van der Waals surface area contributed by atoms with Gasteiger partial charge in [0.05, 0.1) is 12.1 Å². The number of fused-ring (bicyclic) bond motifs is 1. The first-order valence-corrected chi connectivity index (χ1v) is 8.63. The molecular weight excluding hydrogens is 274 g/mol. The van der Waals surface area contributed by atoms with Crippen LogP contribution >= 0.6 is 0 Å². The Hall–Kier alpha value is -1.39. The van der Waals surface area contributed by atoms with Gasteiger partial charge in [0.15, 0.2) is 0 Å². The molecule has 4 unspecified atom stereocenters. The van der Waals surface area contributed by atoms with Crippen molar-refractivity contribution >= 4 is 5.91 Å². The van der Waals surface area contributed by atoms with Crippen molar-refractivity contribution in [3.63, 3.8) is 0 Å². The van der Waals surface area contributed by atoms with Gasteiger partial charge in [-0.3, -0.25) is 10.2 Å². The van der Waals surface area contributed by atoms with Crippen LogP contribution in [0, 0.1) is 11.8 Å². The van der Waals surface area contributed by atoms with Crippen molar-refractivity contribution < 1.29 is 4.79 Å². The number of hydrogen-bond acceptors (Lipinski definition) is 3. The number of carbonyl (C=O) groups is 1. The molecule has 1 saturated carbocycles. The van der Waals surface area contributed by atoms with Crippen LogP contribution in [0.3, 0.4) is 0 Å². The third-order valence-corrected chi connectivity index (χ3v) is 5.61. The van der Waals surface area contributed by atoms with Gasteiger partial charge in [-0.2, -0.15) is 0 Å². The van der Waals surface area contributed by atoms with Crippen LogP contribution in [-0.4, -0.2) is 18.1 Å². The molecule has 0 aromatic heterocycles. The summed E-state index contributed by atoms with van der Waals surface area (Å²) in [6.45, 7) is 2.23. The maximum atomic E-state index is 12.8. The molecule has 0 spiro atoms. The highest BCUT2D eigenvalue weighted by molar-refractivity contribution is 5.84. The van der Waals surface area contributed by atoms with Gasteiger partial charge in [-0.1, -0.05) is 31.2 Å². The molecule has 118 valence electrons. The monoisotopic (exact) mass is 299 g/mol. The molecule has 3 aliphatic rings. The summed E-state index contributed by atoms with van der Waals surface area (Å²) in [5.41, 5.74) is 9.24. The van der Waals surface area contributed by atoms with E-state index in [0.717, 1.165) is 25.2 Å². The SMILES string of the molecule is CC1C(NC(=O)C2CCCc3ccccc32)NNC1C1CC1. The molecule has 4 rings (SSSR count). The van der Waals surface area contributed by atoms with Crippen LogP contribution < -0.4 is 16.2 Å². The lowest BCUT2D eigenvalue weighted by atomic mass is 9.82. The van der Waals surface area contributed by atoms with Gasteiger partial charge < -0.3 is 5.32 Å². The Kier molecular flexibility index (Phi) is 3.66. The lowest BCUT2D eigenvalue weighted by molar-refractivity contribution is -0.124. The average Bonchev–Trinajstić information content (AvgIpc) is 3.32. The van der Waals surface area contributed by atoms with E-state index in [1.165, 1.54) is 24.0 Å². The highest BCUT2D eigenvalue weighted by Crippen LogP contribution is 2.38. The highest BCUT2D eigenvalue weighted by Gasteiger charge is 2.43. The molecule has 22 heavy (non-hydrogen) atoms. The maximum Gasteiger partial charge on any atom is 0.228 e. The van der Waals surface area contributed by atoms with Crippen LogP contribution in [0.1, 0.15) is 49.7 Å². The van der Waals surface area contributed by atoms with E-state index in [-0.39, 0.29) is 18.0 Å². The second kappa shape index (κ2) is 5.67. The summed E-state index contributed by atoms with van der Waals surface area (Å²) < 4.78 is 0. The van der Waals surface area contributed by atoms with Gasteiger partial charge in [0.25, 0.3) is 0 Å². The Bertz CT molecular complexity index is 569. The molecule has 1 aromatic rings. The Morgan fingerprint density at radius 2 is 2.00 bits per heavy atom. The molecule has 4 heteroatoms. The third-order valence-electron chi connectivity index (χ3n) is 5.61. The van der Waals surface area contributed by atoms with Crippen LogP contribution in [0.2, 0.25) is 0 Å². The summed E-state index contributed by atoms with van der Waals surface area (Å²) >= 11 is 0. The van der Waals surface area contributed by atoms with E-state index < -0.39 is 0 Å². The van der Waals surface area contributed by atoms with Crippen LogP contribution in [-0.2, 0) is 11.2 Å². The predicted molar refractivity (Wildman–Crippen MR) is 86.0 cm³/mol. The minimum absolute atomic E-state index is 0.0129. The van der Waals surface area contributed by atoms with Crippen LogP contribution in [0.5, 0.6) is 0 Å². The topological polar surface area (TPSA) is 53.2 Å². The summed E-state index contributed by atoms with van der Waals surface area (Å²) in [5, 5.41) is 3.24. The number of aryl methyl sites for hydroxylation is 1. The van der Waals surface area contributed by atoms with Crippen molar-refractivity contribution in [2.24, 2.45) is 11.8 Å². The van der Waals surface area contributed by atoms with E-state index in [4.69, 9.17) is 0 Å². The fraction of sp³-hybridized carbons (Fsp3) is 0.611. The van der Waals surface area contributed by atoms with Gasteiger partial charge in [-0.05, 0) is 49.1 Å². The Balaban J connectivity index is 1.45. The van der Waals surface area contributed by atoms with Crippen LogP contribution in [0.15, 0.2) is 24.3 Å².